The summed E-state index contributed by atoms with van der Waals surface area (Å²) < 4.78 is 1.82. The first-order chi connectivity index (χ1) is 10.2. The Morgan fingerprint density at radius 3 is 2.71 bits per heavy atom. The van der Waals surface area contributed by atoms with Crippen molar-refractivity contribution in [1.82, 2.24) is 14.8 Å². The van der Waals surface area contributed by atoms with Crippen molar-refractivity contribution < 1.29 is 4.92 Å². The molecule has 0 N–H and O–H groups in total. The van der Waals surface area contributed by atoms with Gasteiger partial charge in [-0.3, -0.25) is 14.7 Å². The second kappa shape index (κ2) is 6.67. The van der Waals surface area contributed by atoms with E-state index < -0.39 is 4.92 Å². The number of nitro benzene ring substituents is 1. The maximum atomic E-state index is 10.7. The van der Waals surface area contributed by atoms with Crippen LogP contribution in [0.5, 0.6) is 0 Å². The third-order valence-corrected chi connectivity index (χ3v) is 3.46. The molecule has 0 aliphatic rings. The lowest BCUT2D eigenvalue weighted by atomic mass is 10.2. The van der Waals surface area contributed by atoms with Crippen molar-refractivity contribution in [3.05, 3.63) is 47.0 Å². The van der Waals surface area contributed by atoms with Crippen LogP contribution in [0.25, 0.3) is 11.4 Å². The number of hydrogen-bond donors (Lipinski definition) is 0. The van der Waals surface area contributed by atoms with E-state index in [1.807, 2.05) is 10.6 Å². The summed E-state index contributed by atoms with van der Waals surface area (Å²) in [6, 6.07) is 8.13. The Morgan fingerprint density at radius 2 is 2.14 bits per heavy atom. The summed E-state index contributed by atoms with van der Waals surface area (Å²) in [6.45, 7) is 4.18. The van der Waals surface area contributed by atoms with Crippen LogP contribution < -0.4 is 0 Å². The molecule has 0 spiro atoms. The Kier molecular flexibility index (Phi) is 4.68. The number of thioether (sulfide) groups is 1. The summed E-state index contributed by atoms with van der Waals surface area (Å²) in [7, 11) is 0. The number of nitriles is 1. The second-order valence-corrected chi connectivity index (χ2v) is 4.90. The van der Waals surface area contributed by atoms with Gasteiger partial charge in [0.15, 0.2) is 11.0 Å². The highest BCUT2D eigenvalue weighted by Gasteiger charge is 2.14. The lowest BCUT2D eigenvalue weighted by Crippen LogP contribution is -2.00. The molecule has 2 rings (SSSR count). The molecule has 0 saturated heterocycles. The smallest absolute Gasteiger partial charge is 0.269 e. The van der Waals surface area contributed by atoms with Gasteiger partial charge in [-0.2, -0.15) is 5.26 Å². The van der Waals surface area contributed by atoms with Crippen molar-refractivity contribution in [2.24, 2.45) is 0 Å². The average Bonchev–Trinajstić information content (AvgIpc) is 2.88. The molecule has 1 aromatic heterocycles. The lowest BCUT2D eigenvalue weighted by Gasteiger charge is -2.06. The van der Waals surface area contributed by atoms with Crippen LogP contribution in [0.2, 0.25) is 0 Å². The van der Waals surface area contributed by atoms with Gasteiger partial charge in [0, 0.05) is 24.2 Å². The summed E-state index contributed by atoms with van der Waals surface area (Å²) in [5.41, 5.74) is 0.742. The minimum Gasteiger partial charge on any atom is -0.298 e. The van der Waals surface area contributed by atoms with E-state index in [9.17, 15) is 10.1 Å². The van der Waals surface area contributed by atoms with Crippen LogP contribution in [0.3, 0.4) is 0 Å². The van der Waals surface area contributed by atoms with Crippen LogP contribution in [0, 0.1) is 21.4 Å². The maximum Gasteiger partial charge on any atom is 0.269 e. The molecule has 0 fully saturated rings. The van der Waals surface area contributed by atoms with Crippen LogP contribution in [-0.4, -0.2) is 25.4 Å². The van der Waals surface area contributed by atoms with E-state index >= 15 is 0 Å². The van der Waals surface area contributed by atoms with E-state index in [4.69, 9.17) is 5.26 Å². The van der Waals surface area contributed by atoms with E-state index in [0.29, 0.717) is 17.5 Å². The summed E-state index contributed by atoms with van der Waals surface area (Å²) in [5, 5.41) is 28.1. The van der Waals surface area contributed by atoms with Gasteiger partial charge in [-0.1, -0.05) is 17.8 Å². The summed E-state index contributed by atoms with van der Waals surface area (Å²) in [6.07, 6.45) is 1.70. The van der Waals surface area contributed by atoms with Gasteiger partial charge in [-0.15, -0.1) is 16.8 Å². The SMILES string of the molecule is C=CCn1c(SCC#N)nnc1-c1ccc([N+](=O)[O-])cc1. The van der Waals surface area contributed by atoms with Crippen molar-refractivity contribution in [3.8, 4) is 17.5 Å². The molecule has 0 radical (unpaired) electrons. The Hall–Kier alpha value is -2.66. The fraction of sp³-hybridized carbons (Fsp3) is 0.154. The highest BCUT2D eigenvalue weighted by molar-refractivity contribution is 7.99. The molecule has 8 heteroatoms. The first-order valence-corrected chi connectivity index (χ1v) is 6.94. The second-order valence-electron chi connectivity index (χ2n) is 3.96. The predicted molar refractivity (Wildman–Crippen MR) is 78.6 cm³/mol. The van der Waals surface area contributed by atoms with E-state index in [0.717, 1.165) is 5.56 Å². The summed E-state index contributed by atoms with van der Waals surface area (Å²) in [4.78, 5) is 10.2. The summed E-state index contributed by atoms with van der Waals surface area (Å²) >= 11 is 1.28. The summed E-state index contributed by atoms with van der Waals surface area (Å²) in [5.74, 6) is 0.862. The van der Waals surface area contributed by atoms with Crippen LogP contribution in [0.1, 0.15) is 0 Å². The third-order valence-electron chi connectivity index (χ3n) is 2.63. The van der Waals surface area contributed by atoms with E-state index in [1.165, 1.54) is 23.9 Å². The Labute approximate surface area is 125 Å². The first kappa shape index (κ1) is 14.7. The zero-order chi connectivity index (χ0) is 15.2. The van der Waals surface area contributed by atoms with Crippen LogP contribution in [-0.2, 0) is 6.54 Å². The average molecular weight is 301 g/mol. The fourth-order valence-corrected chi connectivity index (χ4v) is 2.34. The molecule has 1 heterocycles. The molecule has 7 nitrogen and oxygen atoms in total. The quantitative estimate of drug-likeness (QED) is 0.352. The molecule has 0 amide bonds. The number of nitrogens with zero attached hydrogens (tertiary/aromatic N) is 5. The third kappa shape index (κ3) is 3.27. The molecular formula is C13H11N5O2S. The minimum absolute atomic E-state index is 0.0209. The Morgan fingerprint density at radius 1 is 1.43 bits per heavy atom. The zero-order valence-corrected chi connectivity index (χ0v) is 11.8. The molecule has 106 valence electrons. The molecule has 0 bridgehead atoms. The first-order valence-electron chi connectivity index (χ1n) is 5.96. The number of nitro groups is 1. The largest absolute Gasteiger partial charge is 0.298 e. The highest BCUT2D eigenvalue weighted by Crippen LogP contribution is 2.25. The number of non-ortho nitro benzene ring substituents is 1. The number of hydrogen-bond acceptors (Lipinski definition) is 6. The van der Waals surface area contributed by atoms with Gasteiger partial charge in [0.05, 0.1) is 16.7 Å². The van der Waals surface area contributed by atoms with Crippen LogP contribution in [0.4, 0.5) is 5.69 Å². The van der Waals surface area contributed by atoms with Gasteiger partial charge >= 0.3 is 0 Å². The molecule has 0 aliphatic heterocycles. The van der Waals surface area contributed by atoms with Crippen molar-refractivity contribution in [1.29, 1.82) is 5.26 Å². The standard InChI is InChI=1S/C13H11N5O2S/c1-2-8-17-12(15-16-13(17)21-9-7-14)10-3-5-11(6-4-10)18(19)20/h2-6H,1,8-9H2. The minimum atomic E-state index is -0.452. The maximum absolute atomic E-state index is 10.7. The van der Waals surface area contributed by atoms with Crippen molar-refractivity contribution >= 4 is 17.4 Å². The normalized spacial score (nSPS) is 10.0. The molecule has 0 atom stereocenters. The Balaban J connectivity index is 2.38. The number of allylic oxidation sites excluding steroid dienone is 1. The van der Waals surface area contributed by atoms with Crippen molar-refractivity contribution in [3.63, 3.8) is 0 Å². The monoisotopic (exact) mass is 301 g/mol. The van der Waals surface area contributed by atoms with E-state index in [2.05, 4.69) is 16.8 Å². The zero-order valence-electron chi connectivity index (χ0n) is 11.0. The van der Waals surface area contributed by atoms with Gasteiger partial charge in [0.2, 0.25) is 0 Å². The number of aromatic nitrogens is 3. The Bertz CT molecular complexity index is 702. The van der Waals surface area contributed by atoms with Crippen molar-refractivity contribution in [2.45, 2.75) is 11.7 Å². The topological polar surface area (TPSA) is 97.6 Å². The van der Waals surface area contributed by atoms with Gasteiger partial charge in [-0.25, -0.2) is 0 Å². The van der Waals surface area contributed by atoms with Crippen LogP contribution >= 0.6 is 11.8 Å². The number of benzene rings is 1. The molecular weight excluding hydrogens is 290 g/mol. The number of rotatable bonds is 6. The molecule has 1 aromatic carbocycles. The predicted octanol–water partition coefficient (Wildman–Crippen LogP) is 2.65. The van der Waals surface area contributed by atoms with Gasteiger partial charge in [-0.05, 0) is 12.1 Å². The highest BCUT2D eigenvalue weighted by atomic mass is 32.2. The lowest BCUT2D eigenvalue weighted by molar-refractivity contribution is -0.384. The molecule has 0 unspecified atom stereocenters. The van der Waals surface area contributed by atoms with Gasteiger partial charge < -0.3 is 0 Å². The van der Waals surface area contributed by atoms with Crippen molar-refractivity contribution in [2.75, 3.05) is 5.75 Å². The molecule has 0 aliphatic carbocycles. The molecule has 2 aromatic rings. The molecule has 21 heavy (non-hydrogen) atoms. The fourth-order valence-electron chi connectivity index (χ4n) is 1.73. The van der Waals surface area contributed by atoms with Gasteiger partial charge in [0.25, 0.3) is 5.69 Å². The van der Waals surface area contributed by atoms with E-state index in [1.54, 1.807) is 18.2 Å². The van der Waals surface area contributed by atoms with E-state index in [-0.39, 0.29) is 11.4 Å². The van der Waals surface area contributed by atoms with Crippen LogP contribution in [0.15, 0.2) is 42.1 Å². The molecule has 0 saturated carbocycles. The van der Waals surface area contributed by atoms with Gasteiger partial charge in [0.1, 0.15) is 0 Å².